The molecule has 3 rings (SSSR count). The van der Waals surface area contributed by atoms with Gasteiger partial charge in [0.1, 0.15) is 11.5 Å². The minimum absolute atomic E-state index is 0.0727. The van der Waals surface area contributed by atoms with Crippen LogP contribution in [0.25, 0.3) is 0 Å². The smallest absolute Gasteiger partial charge is 0.272 e. The van der Waals surface area contributed by atoms with Crippen molar-refractivity contribution >= 4 is 45.0 Å². The zero-order valence-corrected chi connectivity index (χ0v) is 19.1. The quantitative estimate of drug-likeness (QED) is 0.405. The summed E-state index contributed by atoms with van der Waals surface area (Å²) in [5.41, 5.74) is 3.20. The Balaban J connectivity index is 1.80. The van der Waals surface area contributed by atoms with Crippen molar-refractivity contribution in [3.63, 3.8) is 0 Å². The number of carbonyl (C=O) groups is 3. The largest absolute Gasteiger partial charge is 0.354 e. The molecule has 0 saturated carbocycles. The number of H-pyrrole nitrogens is 1. The van der Waals surface area contributed by atoms with Crippen LogP contribution in [0.15, 0.2) is 47.1 Å². The lowest BCUT2D eigenvalue weighted by Gasteiger charge is -2.09. The third-order valence-corrected chi connectivity index (χ3v) is 5.19. The first-order valence-corrected chi connectivity index (χ1v) is 10.7. The summed E-state index contributed by atoms with van der Waals surface area (Å²) in [5.74, 6) is -0.347. The van der Waals surface area contributed by atoms with Gasteiger partial charge in [-0.1, -0.05) is 19.4 Å². The summed E-state index contributed by atoms with van der Waals surface area (Å²) in [6, 6.07) is 10.1. The molecule has 8 heteroatoms. The van der Waals surface area contributed by atoms with Crippen LogP contribution in [0, 0.1) is 6.92 Å². The van der Waals surface area contributed by atoms with Crippen LogP contribution in [0.5, 0.6) is 0 Å². The maximum atomic E-state index is 12.9. The molecule has 0 aliphatic rings. The molecule has 31 heavy (non-hydrogen) atoms. The first-order valence-electron chi connectivity index (χ1n) is 9.86. The van der Waals surface area contributed by atoms with Gasteiger partial charge in [-0.15, -0.1) is 0 Å². The van der Waals surface area contributed by atoms with Crippen molar-refractivity contribution in [3.05, 3.63) is 75.1 Å². The summed E-state index contributed by atoms with van der Waals surface area (Å²) >= 11 is 3.30. The monoisotopic (exact) mass is 482 g/mol. The Bertz CT molecular complexity index is 1140. The molecule has 0 atom stereocenters. The number of halogens is 1. The van der Waals surface area contributed by atoms with Crippen LogP contribution in [0.1, 0.15) is 62.7 Å². The molecule has 2 aromatic heterocycles. The second kappa shape index (κ2) is 9.70. The normalized spacial score (nSPS) is 10.6. The third-order valence-electron chi connectivity index (χ3n) is 4.72. The van der Waals surface area contributed by atoms with Crippen LogP contribution in [0.3, 0.4) is 0 Å². The van der Waals surface area contributed by atoms with Crippen molar-refractivity contribution in [2.24, 2.45) is 0 Å². The topological polar surface area (TPSA) is 104 Å². The van der Waals surface area contributed by atoms with Gasteiger partial charge in [0.2, 0.25) is 0 Å². The Morgan fingerprint density at radius 3 is 2.52 bits per heavy atom. The molecule has 2 amide bonds. The van der Waals surface area contributed by atoms with Crippen molar-refractivity contribution in [2.75, 3.05) is 10.6 Å². The van der Waals surface area contributed by atoms with Gasteiger partial charge in [0.05, 0.1) is 0 Å². The second-order valence-electron chi connectivity index (χ2n) is 7.14. The molecule has 0 radical (unpaired) electrons. The Hall–Kier alpha value is -3.26. The SMILES string of the molecule is CCCc1c(C(=O)Nc2cccc(C(=O)Nc3ccc(Br)cn3)c2)[nH]c(C)c1C(C)=O. The number of aryl methyl sites for hydroxylation is 1. The molecular weight excluding hydrogens is 460 g/mol. The van der Waals surface area contributed by atoms with Crippen molar-refractivity contribution in [2.45, 2.75) is 33.6 Å². The van der Waals surface area contributed by atoms with Gasteiger partial charge in [-0.2, -0.15) is 0 Å². The molecule has 3 aromatic rings. The number of amides is 2. The van der Waals surface area contributed by atoms with E-state index in [9.17, 15) is 14.4 Å². The van der Waals surface area contributed by atoms with Gasteiger partial charge in [0.25, 0.3) is 11.8 Å². The Labute approximate surface area is 188 Å². The molecule has 3 N–H and O–H groups in total. The Morgan fingerprint density at radius 2 is 1.87 bits per heavy atom. The van der Waals surface area contributed by atoms with Gasteiger partial charge >= 0.3 is 0 Å². The van der Waals surface area contributed by atoms with Crippen LogP contribution < -0.4 is 10.6 Å². The number of rotatable bonds is 7. The summed E-state index contributed by atoms with van der Waals surface area (Å²) in [6.45, 7) is 5.28. The van der Waals surface area contributed by atoms with Gasteiger partial charge in [0, 0.05) is 33.2 Å². The molecule has 0 saturated heterocycles. The number of nitrogens with one attached hydrogen (secondary N) is 3. The van der Waals surface area contributed by atoms with E-state index in [1.165, 1.54) is 6.92 Å². The zero-order chi connectivity index (χ0) is 22.5. The number of aromatic amines is 1. The minimum atomic E-state index is -0.355. The number of Topliss-reactive ketones (excluding diaryl/α,β-unsaturated/α-hetero) is 1. The molecule has 1 aromatic carbocycles. The standard InChI is InChI=1S/C23H23BrN4O3/c1-4-6-18-20(14(3)29)13(2)26-21(18)23(31)27-17-8-5-7-15(11-17)22(30)28-19-10-9-16(24)12-25-19/h5,7-12,26H,4,6H2,1-3H3,(H,27,31)(H,25,28,30). The van der Waals surface area contributed by atoms with Crippen LogP contribution in [-0.2, 0) is 6.42 Å². The van der Waals surface area contributed by atoms with E-state index in [0.717, 1.165) is 16.5 Å². The van der Waals surface area contributed by atoms with Gasteiger partial charge in [-0.3, -0.25) is 14.4 Å². The number of hydrogen-bond donors (Lipinski definition) is 3. The first-order chi connectivity index (χ1) is 14.8. The number of aromatic nitrogens is 2. The molecule has 0 aliphatic heterocycles. The summed E-state index contributed by atoms with van der Waals surface area (Å²) in [7, 11) is 0. The molecule has 2 heterocycles. The summed E-state index contributed by atoms with van der Waals surface area (Å²) in [6.07, 6.45) is 3.01. The average Bonchev–Trinajstić information content (AvgIpc) is 3.06. The van der Waals surface area contributed by atoms with E-state index >= 15 is 0 Å². The van der Waals surface area contributed by atoms with E-state index in [4.69, 9.17) is 0 Å². The third kappa shape index (κ3) is 5.27. The average molecular weight is 483 g/mol. The van der Waals surface area contributed by atoms with Crippen molar-refractivity contribution in [1.29, 1.82) is 0 Å². The molecule has 0 fully saturated rings. The fourth-order valence-electron chi connectivity index (χ4n) is 3.42. The van der Waals surface area contributed by atoms with Crippen LogP contribution in [-0.4, -0.2) is 27.6 Å². The lowest BCUT2D eigenvalue weighted by molar-refractivity contribution is 0.101. The number of nitrogens with zero attached hydrogens (tertiary/aromatic N) is 1. The van der Waals surface area contributed by atoms with E-state index in [2.05, 4.69) is 36.5 Å². The highest BCUT2D eigenvalue weighted by Gasteiger charge is 2.22. The highest BCUT2D eigenvalue weighted by atomic mass is 79.9. The van der Waals surface area contributed by atoms with E-state index in [0.29, 0.717) is 40.4 Å². The predicted octanol–water partition coefficient (Wildman–Crippen LogP) is 5.14. The van der Waals surface area contributed by atoms with Crippen LogP contribution in [0.2, 0.25) is 0 Å². The van der Waals surface area contributed by atoms with Crippen molar-refractivity contribution < 1.29 is 14.4 Å². The maximum absolute atomic E-state index is 12.9. The van der Waals surface area contributed by atoms with E-state index in [1.54, 1.807) is 49.5 Å². The fraction of sp³-hybridized carbons (Fsp3) is 0.217. The van der Waals surface area contributed by atoms with Gasteiger partial charge < -0.3 is 15.6 Å². The first kappa shape index (κ1) is 22.4. The number of anilines is 2. The number of carbonyl (C=O) groups excluding carboxylic acids is 3. The highest BCUT2D eigenvalue weighted by molar-refractivity contribution is 9.10. The number of pyridine rings is 1. The summed E-state index contributed by atoms with van der Waals surface area (Å²) in [4.78, 5) is 44.7. The molecule has 0 aliphatic carbocycles. The van der Waals surface area contributed by atoms with Crippen LogP contribution in [0.4, 0.5) is 11.5 Å². The van der Waals surface area contributed by atoms with Crippen LogP contribution >= 0.6 is 15.9 Å². The van der Waals surface area contributed by atoms with E-state index in [1.807, 2.05) is 6.92 Å². The predicted molar refractivity (Wildman–Crippen MR) is 124 cm³/mol. The maximum Gasteiger partial charge on any atom is 0.272 e. The number of benzene rings is 1. The Kier molecular flexibility index (Phi) is 7.02. The molecule has 0 spiro atoms. The van der Waals surface area contributed by atoms with Gasteiger partial charge in [-0.05, 0) is 72.1 Å². The van der Waals surface area contributed by atoms with Gasteiger partial charge in [0.15, 0.2) is 5.78 Å². The summed E-state index contributed by atoms with van der Waals surface area (Å²) < 4.78 is 0.810. The lowest BCUT2D eigenvalue weighted by Crippen LogP contribution is -2.16. The van der Waals surface area contributed by atoms with E-state index in [-0.39, 0.29) is 17.6 Å². The Morgan fingerprint density at radius 1 is 1.10 bits per heavy atom. The highest BCUT2D eigenvalue weighted by Crippen LogP contribution is 2.23. The van der Waals surface area contributed by atoms with Gasteiger partial charge in [-0.25, -0.2) is 4.98 Å². The fourth-order valence-corrected chi connectivity index (χ4v) is 3.65. The van der Waals surface area contributed by atoms with E-state index < -0.39 is 0 Å². The second-order valence-corrected chi connectivity index (χ2v) is 8.05. The molecular formula is C23H23BrN4O3. The molecule has 7 nitrogen and oxygen atoms in total. The summed E-state index contributed by atoms with van der Waals surface area (Å²) in [5, 5.41) is 5.54. The molecule has 0 bridgehead atoms. The lowest BCUT2D eigenvalue weighted by atomic mass is 10.0. The van der Waals surface area contributed by atoms with Crippen molar-refractivity contribution in [3.8, 4) is 0 Å². The molecule has 160 valence electrons. The van der Waals surface area contributed by atoms with Crippen molar-refractivity contribution in [1.82, 2.24) is 9.97 Å². The zero-order valence-electron chi connectivity index (χ0n) is 17.5. The number of hydrogen-bond acceptors (Lipinski definition) is 4. The minimum Gasteiger partial charge on any atom is -0.354 e. The number of ketones is 1. The molecule has 0 unspecified atom stereocenters.